The van der Waals surface area contributed by atoms with E-state index in [1.807, 2.05) is 30.3 Å². The van der Waals surface area contributed by atoms with Gasteiger partial charge in [0.2, 0.25) is 0 Å². The highest BCUT2D eigenvalue weighted by Crippen LogP contribution is 2.41. The van der Waals surface area contributed by atoms with Gasteiger partial charge in [0.25, 0.3) is 5.91 Å². The third-order valence-electron chi connectivity index (χ3n) is 6.03. The zero-order valence-electron chi connectivity index (χ0n) is 16.1. The number of para-hydroxylation sites is 1. The highest BCUT2D eigenvalue weighted by atomic mass is 16.5. The molecule has 1 amide bonds. The third kappa shape index (κ3) is 3.33. The van der Waals surface area contributed by atoms with E-state index in [0.29, 0.717) is 30.9 Å². The Balaban J connectivity index is 1.35. The van der Waals surface area contributed by atoms with Gasteiger partial charge < -0.3 is 25.2 Å². The van der Waals surface area contributed by atoms with Crippen molar-refractivity contribution in [3.05, 3.63) is 64.7 Å². The molecular formula is C23H24N2O4. The number of aliphatic hydroxyl groups is 2. The maximum atomic E-state index is 12.5. The summed E-state index contributed by atoms with van der Waals surface area (Å²) in [6, 6.07) is 14.0. The molecule has 2 atom stereocenters. The van der Waals surface area contributed by atoms with E-state index in [2.05, 4.69) is 22.3 Å². The summed E-state index contributed by atoms with van der Waals surface area (Å²) >= 11 is 0. The highest BCUT2D eigenvalue weighted by Gasteiger charge is 2.32. The minimum absolute atomic E-state index is 0.121. The minimum atomic E-state index is -0.660. The molecule has 3 aliphatic rings. The molecule has 3 N–H and O–H groups in total. The van der Waals surface area contributed by atoms with Crippen molar-refractivity contribution < 1.29 is 19.7 Å². The molecule has 2 unspecified atom stereocenters. The normalized spacial score (nSPS) is 26.1. The largest absolute Gasteiger partial charge is 0.487 e. The molecule has 0 spiro atoms. The lowest BCUT2D eigenvalue weighted by Gasteiger charge is -2.33. The molecule has 5 rings (SSSR count). The molecule has 29 heavy (non-hydrogen) atoms. The minimum Gasteiger partial charge on any atom is -0.487 e. The molecular weight excluding hydrogens is 368 g/mol. The van der Waals surface area contributed by atoms with Gasteiger partial charge in [-0.05, 0) is 24.5 Å². The van der Waals surface area contributed by atoms with Crippen LogP contribution in [0.1, 0.15) is 28.7 Å². The van der Waals surface area contributed by atoms with Crippen LogP contribution >= 0.6 is 0 Å². The first-order valence-corrected chi connectivity index (χ1v) is 10.1. The first-order chi connectivity index (χ1) is 14.1. The standard InChI is InChI=1S/C23H24N2O4/c26-19-8-10-25(12-20(19)27)9-7-14-5-6-16-15(11-14)13-29-22(16)21-17-3-1-2-4-18(17)24-23(21)28/h1-6,11,19-20,26-27H,7-10,12-13H2,(H,24,28)/b22-21-. The van der Waals surface area contributed by atoms with Crippen molar-refractivity contribution in [2.24, 2.45) is 0 Å². The zero-order chi connectivity index (χ0) is 20.0. The Bertz CT molecular complexity index is 1000. The fourth-order valence-corrected chi connectivity index (χ4v) is 4.40. The van der Waals surface area contributed by atoms with Gasteiger partial charge in [-0.3, -0.25) is 4.79 Å². The van der Waals surface area contributed by atoms with Crippen molar-refractivity contribution >= 4 is 22.9 Å². The van der Waals surface area contributed by atoms with Crippen molar-refractivity contribution in [1.82, 2.24) is 4.90 Å². The highest BCUT2D eigenvalue weighted by molar-refractivity contribution is 6.36. The quantitative estimate of drug-likeness (QED) is 0.696. The van der Waals surface area contributed by atoms with Crippen molar-refractivity contribution in [3.8, 4) is 0 Å². The van der Waals surface area contributed by atoms with Crippen molar-refractivity contribution in [3.63, 3.8) is 0 Å². The molecule has 3 aliphatic heterocycles. The monoisotopic (exact) mass is 392 g/mol. The van der Waals surface area contributed by atoms with E-state index in [4.69, 9.17) is 4.74 Å². The topological polar surface area (TPSA) is 82.0 Å². The number of aliphatic hydroxyl groups excluding tert-OH is 2. The number of rotatable bonds is 3. The molecule has 0 aliphatic carbocycles. The number of anilines is 1. The molecule has 1 saturated heterocycles. The van der Waals surface area contributed by atoms with Crippen molar-refractivity contribution in [2.45, 2.75) is 31.7 Å². The van der Waals surface area contributed by atoms with Crippen LogP contribution in [0.3, 0.4) is 0 Å². The van der Waals surface area contributed by atoms with Crippen LogP contribution in [-0.4, -0.2) is 52.9 Å². The lowest BCUT2D eigenvalue weighted by molar-refractivity contribution is -0.110. The summed E-state index contributed by atoms with van der Waals surface area (Å²) in [5, 5.41) is 22.4. The van der Waals surface area contributed by atoms with Gasteiger partial charge in [-0.25, -0.2) is 0 Å². The fourth-order valence-electron chi connectivity index (χ4n) is 4.40. The summed E-state index contributed by atoms with van der Waals surface area (Å²) in [6.45, 7) is 2.62. The second-order valence-electron chi connectivity index (χ2n) is 7.96. The lowest BCUT2D eigenvalue weighted by Crippen LogP contribution is -2.47. The maximum absolute atomic E-state index is 12.5. The number of hydrogen-bond donors (Lipinski definition) is 3. The van der Waals surface area contributed by atoms with Crippen LogP contribution in [0, 0.1) is 0 Å². The van der Waals surface area contributed by atoms with E-state index in [9.17, 15) is 15.0 Å². The number of nitrogens with zero attached hydrogens (tertiary/aromatic N) is 1. The number of amides is 1. The number of hydrogen-bond acceptors (Lipinski definition) is 5. The van der Waals surface area contributed by atoms with Crippen LogP contribution in [0.25, 0.3) is 11.3 Å². The van der Waals surface area contributed by atoms with Crippen LogP contribution in [0.15, 0.2) is 42.5 Å². The molecule has 1 fully saturated rings. The third-order valence-corrected chi connectivity index (χ3v) is 6.03. The van der Waals surface area contributed by atoms with Crippen molar-refractivity contribution in [2.75, 3.05) is 25.0 Å². The number of piperidine rings is 1. The van der Waals surface area contributed by atoms with E-state index < -0.39 is 12.2 Å². The van der Waals surface area contributed by atoms with Crippen LogP contribution in [-0.2, 0) is 22.6 Å². The van der Waals surface area contributed by atoms with E-state index in [1.54, 1.807) is 0 Å². The predicted molar refractivity (Wildman–Crippen MR) is 110 cm³/mol. The van der Waals surface area contributed by atoms with E-state index in [1.165, 1.54) is 5.56 Å². The lowest BCUT2D eigenvalue weighted by atomic mass is 9.98. The van der Waals surface area contributed by atoms with Gasteiger partial charge >= 0.3 is 0 Å². The Hall–Kier alpha value is -2.67. The number of carbonyl (C=O) groups is 1. The number of β-amino-alcohol motifs (C(OH)–C–C–N with tert-alkyl or cyclic N) is 1. The summed E-state index contributed by atoms with van der Waals surface area (Å²) < 4.78 is 5.96. The summed E-state index contributed by atoms with van der Waals surface area (Å²) in [4.78, 5) is 14.7. The second-order valence-corrected chi connectivity index (χ2v) is 7.96. The van der Waals surface area contributed by atoms with Crippen LogP contribution in [0.4, 0.5) is 5.69 Å². The fraction of sp³-hybridized carbons (Fsp3) is 0.348. The molecule has 2 aromatic rings. The van der Waals surface area contributed by atoms with Gasteiger partial charge in [-0.1, -0.05) is 36.4 Å². The molecule has 2 aromatic carbocycles. The molecule has 6 heteroatoms. The Labute approximate surface area is 169 Å². The first kappa shape index (κ1) is 18.4. The molecule has 0 radical (unpaired) electrons. The molecule has 6 nitrogen and oxygen atoms in total. The average molecular weight is 392 g/mol. The Morgan fingerprint density at radius 3 is 2.83 bits per heavy atom. The van der Waals surface area contributed by atoms with Gasteiger partial charge in [0.05, 0.1) is 17.8 Å². The van der Waals surface area contributed by atoms with Crippen LogP contribution < -0.4 is 5.32 Å². The molecule has 0 saturated carbocycles. The Morgan fingerprint density at radius 1 is 1.10 bits per heavy atom. The predicted octanol–water partition coefficient (Wildman–Crippen LogP) is 2.01. The van der Waals surface area contributed by atoms with E-state index in [-0.39, 0.29) is 5.91 Å². The summed E-state index contributed by atoms with van der Waals surface area (Å²) in [7, 11) is 0. The van der Waals surface area contributed by atoms with Gasteiger partial charge in [0.1, 0.15) is 12.4 Å². The van der Waals surface area contributed by atoms with Crippen LogP contribution in [0.5, 0.6) is 0 Å². The average Bonchev–Trinajstić information content (AvgIpc) is 3.28. The van der Waals surface area contributed by atoms with Gasteiger partial charge in [-0.15, -0.1) is 0 Å². The second kappa shape index (κ2) is 7.30. The van der Waals surface area contributed by atoms with Gasteiger partial charge in [0.15, 0.2) is 0 Å². The number of ether oxygens (including phenoxy) is 1. The summed E-state index contributed by atoms with van der Waals surface area (Å²) in [6.07, 6.45) is 0.213. The summed E-state index contributed by atoms with van der Waals surface area (Å²) in [5.41, 5.74) is 5.59. The summed E-state index contributed by atoms with van der Waals surface area (Å²) in [5.74, 6) is 0.533. The molecule has 0 bridgehead atoms. The number of fused-ring (bicyclic) bond motifs is 2. The van der Waals surface area contributed by atoms with Gasteiger partial charge in [0, 0.05) is 42.0 Å². The SMILES string of the molecule is O=C1Nc2ccccc2/C1=C1/OCc2cc(CCN3CCC(O)C(O)C3)ccc21. The smallest absolute Gasteiger partial charge is 0.260 e. The maximum Gasteiger partial charge on any atom is 0.260 e. The Morgan fingerprint density at radius 2 is 1.97 bits per heavy atom. The number of nitrogens with one attached hydrogen (secondary N) is 1. The Kier molecular flexibility index (Phi) is 4.62. The van der Waals surface area contributed by atoms with E-state index in [0.717, 1.165) is 41.9 Å². The zero-order valence-corrected chi connectivity index (χ0v) is 16.1. The van der Waals surface area contributed by atoms with Gasteiger partial charge in [-0.2, -0.15) is 0 Å². The van der Waals surface area contributed by atoms with Crippen LogP contribution in [0.2, 0.25) is 0 Å². The molecule has 0 aromatic heterocycles. The number of likely N-dealkylation sites (tertiary alicyclic amines) is 1. The molecule has 3 heterocycles. The van der Waals surface area contributed by atoms with E-state index >= 15 is 0 Å². The number of carbonyl (C=O) groups excluding carboxylic acids is 1. The number of benzene rings is 2. The molecule has 150 valence electrons. The van der Waals surface area contributed by atoms with Crippen molar-refractivity contribution in [1.29, 1.82) is 0 Å². The first-order valence-electron chi connectivity index (χ1n) is 10.1.